The van der Waals surface area contributed by atoms with Crippen molar-refractivity contribution in [3.8, 4) is 0 Å². The molecular formula is C24H21NO3. The lowest BCUT2D eigenvalue weighted by molar-refractivity contribution is -0.131. The highest BCUT2D eigenvalue weighted by molar-refractivity contribution is 6.08. The number of nitrogens with zero attached hydrogens (tertiary/aromatic N) is 1. The summed E-state index contributed by atoms with van der Waals surface area (Å²) in [6.07, 6.45) is 8.50. The molecule has 0 amide bonds. The molecule has 0 aliphatic heterocycles. The zero-order valence-corrected chi connectivity index (χ0v) is 15.6. The molecule has 0 unspecified atom stereocenters. The van der Waals surface area contributed by atoms with Crippen LogP contribution in [0.5, 0.6) is 0 Å². The number of benzene rings is 2. The molecule has 0 aliphatic rings. The summed E-state index contributed by atoms with van der Waals surface area (Å²) in [5.41, 5.74) is 4.22. The molecule has 2 aromatic carbocycles. The first-order valence-electron chi connectivity index (χ1n) is 8.97. The number of aryl methyl sites for hydroxylation is 1. The number of rotatable bonds is 7. The lowest BCUT2D eigenvalue weighted by atomic mass is 10.1. The Bertz CT molecular complexity index is 1040. The first-order valence-corrected chi connectivity index (χ1v) is 8.97. The number of aliphatic carboxylic acids is 1. The Morgan fingerprint density at radius 1 is 0.964 bits per heavy atom. The number of allylic oxidation sites excluding steroid dienone is 1. The van der Waals surface area contributed by atoms with Crippen LogP contribution >= 0.6 is 0 Å². The molecule has 28 heavy (non-hydrogen) atoms. The zero-order valence-electron chi connectivity index (χ0n) is 15.6. The Labute approximate surface area is 164 Å². The molecular weight excluding hydrogens is 350 g/mol. The van der Waals surface area contributed by atoms with Crippen LogP contribution in [0.25, 0.3) is 12.2 Å². The molecule has 0 spiro atoms. The molecule has 0 saturated carbocycles. The van der Waals surface area contributed by atoms with E-state index in [1.165, 1.54) is 0 Å². The van der Waals surface area contributed by atoms with Gasteiger partial charge in [0, 0.05) is 24.4 Å². The van der Waals surface area contributed by atoms with Gasteiger partial charge in [-0.25, -0.2) is 4.79 Å². The second-order valence-electron chi connectivity index (χ2n) is 6.49. The topological polar surface area (TPSA) is 59.3 Å². The first kappa shape index (κ1) is 19.1. The fourth-order valence-electron chi connectivity index (χ4n) is 2.87. The smallest absolute Gasteiger partial charge is 0.328 e. The highest BCUT2D eigenvalue weighted by atomic mass is 16.4. The van der Waals surface area contributed by atoms with Gasteiger partial charge in [-0.15, -0.1) is 0 Å². The van der Waals surface area contributed by atoms with Crippen molar-refractivity contribution >= 4 is 23.9 Å². The fourth-order valence-corrected chi connectivity index (χ4v) is 2.87. The number of aromatic nitrogens is 1. The van der Waals surface area contributed by atoms with Gasteiger partial charge in [0.05, 0.1) is 5.69 Å². The van der Waals surface area contributed by atoms with Gasteiger partial charge in [0.2, 0.25) is 5.78 Å². The highest BCUT2D eigenvalue weighted by Crippen LogP contribution is 2.13. The van der Waals surface area contributed by atoms with Crippen LogP contribution in [0.1, 0.15) is 32.7 Å². The molecule has 1 aromatic heterocycles. The average Bonchev–Trinajstić information content (AvgIpc) is 3.15. The molecule has 0 saturated heterocycles. The van der Waals surface area contributed by atoms with Crippen molar-refractivity contribution in [1.82, 2.24) is 4.57 Å². The van der Waals surface area contributed by atoms with Crippen molar-refractivity contribution < 1.29 is 14.7 Å². The Morgan fingerprint density at radius 3 is 2.39 bits per heavy atom. The molecule has 4 nitrogen and oxygen atoms in total. The second-order valence-corrected chi connectivity index (χ2v) is 6.49. The monoisotopic (exact) mass is 371 g/mol. The Morgan fingerprint density at radius 2 is 1.68 bits per heavy atom. The van der Waals surface area contributed by atoms with Crippen molar-refractivity contribution in [2.45, 2.75) is 13.5 Å². The third-order valence-corrected chi connectivity index (χ3v) is 4.32. The minimum Gasteiger partial charge on any atom is -0.478 e. The van der Waals surface area contributed by atoms with E-state index in [0.717, 1.165) is 22.8 Å². The highest BCUT2D eigenvalue weighted by Gasteiger charge is 2.12. The van der Waals surface area contributed by atoms with Crippen LogP contribution in [0.3, 0.4) is 0 Å². The van der Waals surface area contributed by atoms with E-state index in [2.05, 4.69) is 0 Å². The van der Waals surface area contributed by atoms with Crippen LogP contribution in [-0.2, 0) is 11.3 Å². The van der Waals surface area contributed by atoms with E-state index in [9.17, 15) is 9.59 Å². The third kappa shape index (κ3) is 4.95. The normalized spacial score (nSPS) is 11.3. The summed E-state index contributed by atoms with van der Waals surface area (Å²) in [6.45, 7) is 2.56. The predicted molar refractivity (Wildman–Crippen MR) is 111 cm³/mol. The summed E-state index contributed by atoms with van der Waals surface area (Å²) in [7, 11) is 0. The molecule has 0 radical (unpaired) electrons. The van der Waals surface area contributed by atoms with Gasteiger partial charge in [-0.2, -0.15) is 0 Å². The molecule has 140 valence electrons. The molecule has 4 heteroatoms. The van der Waals surface area contributed by atoms with E-state index in [0.29, 0.717) is 17.8 Å². The van der Waals surface area contributed by atoms with E-state index in [1.54, 1.807) is 6.08 Å². The minimum absolute atomic E-state index is 0.000736. The molecule has 0 atom stereocenters. The standard InChI is InChI=1S/C24H21NO3/c1-18-9-12-21(13-10-18)24(28)22-8-4-16-25(22)15-3-7-19-5-2-6-20(17-19)11-14-23(26)27/h2-14,16-17H,15H2,1H3,(H,26,27)/b7-3+,14-11+. The molecule has 0 bridgehead atoms. The van der Waals surface area contributed by atoms with Gasteiger partial charge in [0.1, 0.15) is 0 Å². The molecule has 0 aliphatic carbocycles. The van der Waals surface area contributed by atoms with Crippen LogP contribution in [0, 0.1) is 6.92 Å². The maximum absolute atomic E-state index is 12.7. The quantitative estimate of drug-likeness (QED) is 0.478. The van der Waals surface area contributed by atoms with Crippen LogP contribution < -0.4 is 0 Å². The Balaban J connectivity index is 1.71. The summed E-state index contributed by atoms with van der Waals surface area (Å²) in [6, 6.07) is 18.8. The largest absolute Gasteiger partial charge is 0.478 e. The van der Waals surface area contributed by atoms with E-state index < -0.39 is 5.97 Å². The maximum atomic E-state index is 12.7. The van der Waals surface area contributed by atoms with E-state index in [-0.39, 0.29) is 5.78 Å². The number of carboxylic acids is 1. The van der Waals surface area contributed by atoms with E-state index in [1.807, 2.05) is 90.5 Å². The van der Waals surface area contributed by atoms with E-state index >= 15 is 0 Å². The molecule has 0 fully saturated rings. The van der Waals surface area contributed by atoms with Gasteiger partial charge in [-0.1, -0.05) is 60.2 Å². The molecule has 3 rings (SSSR count). The minimum atomic E-state index is -0.973. The van der Waals surface area contributed by atoms with Crippen molar-refractivity contribution in [1.29, 1.82) is 0 Å². The van der Waals surface area contributed by atoms with Crippen LogP contribution in [0.4, 0.5) is 0 Å². The van der Waals surface area contributed by atoms with Crippen molar-refractivity contribution in [3.05, 3.63) is 107 Å². The Hall–Kier alpha value is -3.66. The third-order valence-electron chi connectivity index (χ3n) is 4.32. The summed E-state index contributed by atoms with van der Waals surface area (Å²) < 4.78 is 1.91. The molecule has 1 N–H and O–H groups in total. The predicted octanol–water partition coefficient (Wildman–Crippen LogP) is 4.84. The second kappa shape index (κ2) is 8.82. The number of carboxylic acid groups (broad SMARTS) is 1. The van der Waals surface area contributed by atoms with Crippen molar-refractivity contribution in [2.24, 2.45) is 0 Å². The molecule has 1 heterocycles. The van der Waals surface area contributed by atoms with Gasteiger partial charge in [-0.05, 0) is 42.3 Å². The number of ketones is 1. The van der Waals surface area contributed by atoms with Crippen LogP contribution in [0.15, 0.2) is 79.0 Å². The van der Waals surface area contributed by atoms with Crippen molar-refractivity contribution in [2.75, 3.05) is 0 Å². The SMILES string of the molecule is Cc1ccc(C(=O)c2cccn2C/C=C/c2cccc(/C=C/C(=O)O)c2)cc1. The molecule has 3 aromatic rings. The van der Waals surface area contributed by atoms with Gasteiger partial charge in [0.15, 0.2) is 0 Å². The number of carbonyl (C=O) groups excluding carboxylic acids is 1. The van der Waals surface area contributed by atoms with Gasteiger partial charge < -0.3 is 9.67 Å². The summed E-state index contributed by atoms with van der Waals surface area (Å²) in [4.78, 5) is 23.4. The first-order chi connectivity index (χ1) is 13.5. The lowest BCUT2D eigenvalue weighted by Gasteiger charge is -2.06. The number of carbonyl (C=O) groups is 2. The van der Waals surface area contributed by atoms with Crippen LogP contribution in [-0.4, -0.2) is 21.4 Å². The summed E-state index contributed by atoms with van der Waals surface area (Å²) in [5.74, 6) is -0.974. The summed E-state index contributed by atoms with van der Waals surface area (Å²) >= 11 is 0. The van der Waals surface area contributed by atoms with Gasteiger partial charge >= 0.3 is 5.97 Å². The summed E-state index contributed by atoms with van der Waals surface area (Å²) in [5, 5.41) is 8.73. The fraction of sp³-hybridized carbons (Fsp3) is 0.0833. The Kier molecular flexibility index (Phi) is 6.02. The van der Waals surface area contributed by atoms with Crippen molar-refractivity contribution in [3.63, 3.8) is 0 Å². The van der Waals surface area contributed by atoms with E-state index in [4.69, 9.17) is 5.11 Å². The number of hydrogen-bond acceptors (Lipinski definition) is 2. The average molecular weight is 371 g/mol. The lowest BCUT2D eigenvalue weighted by Crippen LogP contribution is -2.09. The van der Waals surface area contributed by atoms with Crippen LogP contribution in [0.2, 0.25) is 0 Å². The van der Waals surface area contributed by atoms with Gasteiger partial charge in [0.25, 0.3) is 0 Å². The number of hydrogen-bond donors (Lipinski definition) is 1. The van der Waals surface area contributed by atoms with Gasteiger partial charge in [-0.3, -0.25) is 4.79 Å². The zero-order chi connectivity index (χ0) is 19.9. The maximum Gasteiger partial charge on any atom is 0.328 e.